The van der Waals surface area contributed by atoms with Gasteiger partial charge in [-0.05, 0) is 24.1 Å². The molecule has 35 heavy (non-hydrogen) atoms. The highest BCUT2D eigenvalue weighted by molar-refractivity contribution is 7.48. The van der Waals surface area contributed by atoms with Gasteiger partial charge in [-0.3, -0.25) is 23.3 Å². The third-order valence-corrected chi connectivity index (χ3v) is 8.27. The van der Waals surface area contributed by atoms with Gasteiger partial charge in [0.15, 0.2) is 11.2 Å². The van der Waals surface area contributed by atoms with E-state index in [0.717, 1.165) is 0 Å². The fraction of sp³-hybridized carbons (Fsp3) is 0.381. The van der Waals surface area contributed by atoms with Crippen molar-refractivity contribution in [1.29, 1.82) is 0 Å². The highest BCUT2D eigenvalue weighted by Crippen LogP contribution is 2.58. The maximum absolute atomic E-state index is 13.2. The Morgan fingerprint density at radius 1 is 1.40 bits per heavy atom. The number of fused-ring (bicyclic) bond motifs is 1. The number of nitrogens with zero attached hydrogens (tertiary/aromatic N) is 3. The van der Waals surface area contributed by atoms with Crippen LogP contribution in [0.4, 0.5) is 5.95 Å². The van der Waals surface area contributed by atoms with Gasteiger partial charge < -0.3 is 15.4 Å². The van der Waals surface area contributed by atoms with Crippen molar-refractivity contribution in [3.05, 3.63) is 62.6 Å². The summed E-state index contributed by atoms with van der Waals surface area (Å²) in [6, 6.07) is 4.53. The van der Waals surface area contributed by atoms with Crippen molar-refractivity contribution in [2.24, 2.45) is 5.92 Å². The maximum Gasteiger partial charge on any atom is 0.475 e. The lowest BCUT2D eigenvalue weighted by Gasteiger charge is -2.30. The number of hydrogen-bond acceptors (Lipinski definition) is 9. The van der Waals surface area contributed by atoms with E-state index >= 15 is 0 Å². The number of halogens is 2. The van der Waals surface area contributed by atoms with Crippen LogP contribution >= 0.6 is 31.0 Å². The zero-order valence-corrected chi connectivity index (χ0v) is 20.7. The minimum atomic E-state index is -3.94. The van der Waals surface area contributed by atoms with Crippen molar-refractivity contribution in [1.82, 2.24) is 19.5 Å². The standard InChI is InChI=1S/C21H22Cl2N5O6P/c1-10-13(16(29)7-15(10)28-9-25-18-19(28)26-21(24)27-20(18)30)8-33-35(31)32-5-4-17(34-35)12-3-2-11(22)6-14(12)23/h2-3,6,9,13,15-17,29H,1,4-5,7-8H2,(H3,24,26,27,30)/t13-,15-,16-,17+,35-/m0/s1. The summed E-state index contributed by atoms with van der Waals surface area (Å²) in [6.07, 6.45) is 0.687. The second-order valence-corrected chi connectivity index (χ2v) is 10.9. The topological polar surface area (TPSA) is 155 Å². The monoisotopic (exact) mass is 541 g/mol. The normalized spacial score (nSPS) is 29.2. The molecule has 2 aliphatic rings. The number of aliphatic hydroxyl groups excluding tert-OH is 1. The molecule has 2 aromatic heterocycles. The molecule has 1 aromatic carbocycles. The third-order valence-electron chi connectivity index (χ3n) is 6.23. The number of H-pyrrole nitrogens is 1. The number of aliphatic hydroxyl groups is 1. The van der Waals surface area contributed by atoms with E-state index in [-0.39, 0.29) is 36.7 Å². The molecule has 2 fully saturated rings. The Bertz CT molecular complexity index is 1410. The van der Waals surface area contributed by atoms with Crippen LogP contribution in [-0.4, -0.2) is 43.9 Å². The van der Waals surface area contributed by atoms with Crippen LogP contribution in [-0.2, 0) is 18.1 Å². The van der Waals surface area contributed by atoms with Crippen LogP contribution in [0, 0.1) is 5.92 Å². The minimum Gasteiger partial charge on any atom is -0.392 e. The summed E-state index contributed by atoms with van der Waals surface area (Å²) in [5, 5.41) is 11.6. The van der Waals surface area contributed by atoms with Crippen molar-refractivity contribution in [3.8, 4) is 0 Å². The van der Waals surface area contributed by atoms with Gasteiger partial charge in [0, 0.05) is 27.9 Å². The summed E-state index contributed by atoms with van der Waals surface area (Å²) >= 11 is 12.2. The van der Waals surface area contributed by atoms with E-state index in [0.29, 0.717) is 27.6 Å². The number of phosphoric ester groups is 1. The molecule has 3 aromatic rings. The number of hydrogen-bond donors (Lipinski definition) is 3. The Balaban J connectivity index is 1.31. The zero-order chi connectivity index (χ0) is 24.9. The number of imidazole rings is 1. The number of aromatic amines is 1. The highest BCUT2D eigenvalue weighted by Gasteiger charge is 2.42. The summed E-state index contributed by atoms with van der Waals surface area (Å²) in [5.41, 5.74) is 6.85. The molecular weight excluding hydrogens is 520 g/mol. The van der Waals surface area contributed by atoms with E-state index in [1.807, 2.05) is 0 Å². The third kappa shape index (κ3) is 4.65. The predicted octanol–water partition coefficient (Wildman–Crippen LogP) is 3.79. The number of phosphoric acid groups is 1. The molecule has 5 rings (SSSR count). The zero-order valence-electron chi connectivity index (χ0n) is 18.3. The number of anilines is 1. The smallest absolute Gasteiger partial charge is 0.392 e. The van der Waals surface area contributed by atoms with Crippen LogP contribution in [0.1, 0.15) is 30.6 Å². The Morgan fingerprint density at radius 2 is 2.20 bits per heavy atom. The Labute approximate surface area is 209 Å². The van der Waals surface area contributed by atoms with Crippen LogP contribution < -0.4 is 11.3 Å². The molecule has 11 nitrogen and oxygen atoms in total. The Kier molecular flexibility index (Phi) is 6.52. The summed E-state index contributed by atoms with van der Waals surface area (Å²) < 4.78 is 31.5. The summed E-state index contributed by atoms with van der Waals surface area (Å²) in [4.78, 5) is 22.8. The van der Waals surface area contributed by atoms with E-state index < -0.39 is 37.5 Å². The van der Waals surface area contributed by atoms with Crippen molar-refractivity contribution >= 4 is 48.1 Å². The summed E-state index contributed by atoms with van der Waals surface area (Å²) in [5.74, 6) is -0.623. The number of nitrogen functional groups attached to an aromatic ring is 1. The molecule has 1 aliphatic carbocycles. The Morgan fingerprint density at radius 3 is 2.97 bits per heavy atom. The Hall–Kier alpha value is -2.24. The lowest BCUT2D eigenvalue weighted by atomic mass is 10.0. The lowest BCUT2D eigenvalue weighted by molar-refractivity contribution is 0.0166. The fourth-order valence-corrected chi connectivity index (χ4v) is 6.37. The molecule has 1 saturated carbocycles. The van der Waals surface area contributed by atoms with E-state index in [1.165, 1.54) is 6.33 Å². The molecule has 14 heteroatoms. The first-order valence-electron chi connectivity index (χ1n) is 10.8. The van der Waals surface area contributed by atoms with Gasteiger partial charge in [-0.15, -0.1) is 0 Å². The van der Waals surface area contributed by atoms with Crippen LogP contribution in [0.25, 0.3) is 11.2 Å². The quantitative estimate of drug-likeness (QED) is 0.323. The predicted molar refractivity (Wildman–Crippen MR) is 129 cm³/mol. The van der Waals surface area contributed by atoms with Crippen LogP contribution in [0.5, 0.6) is 0 Å². The van der Waals surface area contributed by atoms with Crippen LogP contribution in [0.2, 0.25) is 10.0 Å². The van der Waals surface area contributed by atoms with Crippen molar-refractivity contribution < 1.29 is 23.2 Å². The average molecular weight is 542 g/mol. The number of benzene rings is 1. The van der Waals surface area contributed by atoms with Gasteiger partial charge >= 0.3 is 7.82 Å². The number of rotatable bonds is 5. The van der Waals surface area contributed by atoms with Crippen LogP contribution in [0.15, 0.2) is 41.5 Å². The largest absolute Gasteiger partial charge is 0.475 e. The van der Waals surface area contributed by atoms with E-state index in [9.17, 15) is 14.5 Å². The molecule has 0 bridgehead atoms. The molecule has 0 unspecified atom stereocenters. The molecule has 0 spiro atoms. The molecule has 1 aliphatic heterocycles. The van der Waals surface area contributed by atoms with E-state index in [1.54, 1.807) is 22.8 Å². The second kappa shape index (κ2) is 9.33. The van der Waals surface area contributed by atoms with Gasteiger partial charge in [0.1, 0.15) is 0 Å². The maximum atomic E-state index is 13.2. The molecule has 1 saturated heterocycles. The van der Waals surface area contributed by atoms with Gasteiger partial charge in [-0.25, -0.2) is 9.55 Å². The lowest BCUT2D eigenvalue weighted by Crippen LogP contribution is -2.22. The van der Waals surface area contributed by atoms with Gasteiger partial charge in [-0.1, -0.05) is 35.8 Å². The number of nitrogens with two attached hydrogens (primary N) is 1. The molecule has 4 N–H and O–H groups in total. The first-order valence-corrected chi connectivity index (χ1v) is 13.0. The molecule has 186 valence electrons. The molecule has 0 amide bonds. The highest BCUT2D eigenvalue weighted by atomic mass is 35.5. The van der Waals surface area contributed by atoms with Crippen molar-refractivity contribution in [2.45, 2.75) is 31.1 Å². The van der Waals surface area contributed by atoms with Gasteiger partial charge in [0.2, 0.25) is 5.95 Å². The SMILES string of the molecule is C=C1[C@H](CO[P@]2(=O)OCC[C@H](c3ccc(Cl)cc3Cl)O2)[C@@H](O)C[C@@H]1n1cnc2c(=O)[nH]c(N)nc21. The number of aromatic nitrogens is 4. The first-order chi connectivity index (χ1) is 16.6. The van der Waals surface area contributed by atoms with Gasteiger partial charge in [0.25, 0.3) is 5.56 Å². The van der Waals surface area contributed by atoms with Gasteiger partial charge in [-0.2, -0.15) is 4.98 Å². The number of nitrogens with one attached hydrogen (secondary N) is 1. The first kappa shape index (κ1) is 24.5. The fourth-order valence-electron chi connectivity index (χ4n) is 4.44. The molecule has 0 radical (unpaired) electrons. The van der Waals surface area contributed by atoms with E-state index in [4.69, 9.17) is 42.5 Å². The summed E-state index contributed by atoms with van der Waals surface area (Å²) in [7, 11) is -3.94. The second-order valence-electron chi connectivity index (χ2n) is 8.40. The van der Waals surface area contributed by atoms with Gasteiger partial charge in [0.05, 0.1) is 37.8 Å². The van der Waals surface area contributed by atoms with Crippen molar-refractivity contribution in [3.63, 3.8) is 0 Å². The summed E-state index contributed by atoms with van der Waals surface area (Å²) in [6.45, 7) is 4.09. The average Bonchev–Trinajstić information content (AvgIpc) is 3.32. The van der Waals surface area contributed by atoms with E-state index in [2.05, 4.69) is 21.5 Å². The molecule has 3 heterocycles. The minimum absolute atomic E-state index is 0.0478. The molecular formula is C21H22Cl2N5O6P. The van der Waals surface area contributed by atoms with Crippen molar-refractivity contribution in [2.75, 3.05) is 18.9 Å². The van der Waals surface area contributed by atoms with Crippen LogP contribution in [0.3, 0.4) is 0 Å². The molecule has 5 atom stereocenters.